The summed E-state index contributed by atoms with van der Waals surface area (Å²) in [5, 5.41) is 11.6. The highest BCUT2D eigenvalue weighted by Gasteiger charge is 2.29. The maximum atomic E-state index is 12.0. The number of ether oxygens (including phenoxy) is 1. The predicted molar refractivity (Wildman–Crippen MR) is 71.8 cm³/mol. The number of carbonyl (C=O) groups is 1. The molecule has 0 saturated carbocycles. The van der Waals surface area contributed by atoms with Gasteiger partial charge in [0.15, 0.2) is 0 Å². The van der Waals surface area contributed by atoms with E-state index in [0.29, 0.717) is 31.9 Å². The molecule has 5 nitrogen and oxygen atoms in total. The SMILES string of the molecule is CCNC(=O)C1COCCN1c1ccc(C#N)cc1. The number of amides is 1. The summed E-state index contributed by atoms with van der Waals surface area (Å²) in [6.07, 6.45) is 0. The first kappa shape index (κ1) is 13.4. The molecule has 0 aliphatic carbocycles. The number of morpholine rings is 1. The molecule has 5 heteroatoms. The highest BCUT2D eigenvalue weighted by atomic mass is 16.5. The number of nitriles is 1. The van der Waals surface area contributed by atoms with Crippen molar-refractivity contribution < 1.29 is 9.53 Å². The van der Waals surface area contributed by atoms with Crippen LogP contribution in [0.4, 0.5) is 5.69 Å². The molecule has 19 heavy (non-hydrogen) atoms. The Kier molecular flexibility index (Phi) is 4.37. The number of hydrogen-bond donors (Lipinski definition) is 1. The van der Waals surface area contributed by atoms with E-state index in [-0.39, 0.29) is 11.9 Å². The Morgan fingerprint density at radius 3 is 2.89 bits per heavy atom. The molecular weight excluding hydrogens is 242 g/mol. The first-order valence-corrected chi connectivity index (χ1v) is 6.38. The molecule has 1 aromatic rings. The second-order valence-electron chi connectivity index (χ2n) is 4.34. The van der Waals surface area contributed by atoms with Crippen LogP contribution in [-0.4, -0.2) is 38.3 Å². The molecule has 1 unspecified atom stereocenters. The van der Waals surface area contributed by atoms with Gasteiger partial charge in [-0.1, -0.05) is 0 Å². The lowest BCUT2D eigenvalue weighted by Crippen LogP contribution is -2.54. The van der Waals surface area contributed by atoms with Crippen LogP contribution >= 0.6 is 0 Å². The molecule has 1 atom stereocenters. The molecule has 0 radical (unpaired) electrons. The van der Waals surface area contributed by atoms with Gasteiger partial charge in [0.1, 0.15) is 6.04 Å². The van der Waals surface area contributed by atoms with Gasteiger partial charge in [-0.15, -0.1) is 0 Å². The zero-order valence-corrected chi connectivity index (χ0v) is 10.9. The van der Waals surface area contributed by atoms with E-state index in [1.807, 2.05) is 24.0 Å². The van der Waals surface area contributed by atoms with Crippen molar-refractivity contribution in [1.29, 1.82) is 5.26 Å². The fourth-order valence-electron chi connectivity index (χ4n) is 2.15. The fourth-order valence-corrected chi connectivity index (χ4v) is 2.15. The monoisotopic (exact) mass is 259 g/mol. The van der Waals surface area contributed by atoms with Crippen molar-refractivity contribution in [3.8, 4) is 6.07 Å². The van der Waals surface area contributed by atoms with Crippen molar-refractivity contribution in [3.05, 3.63) is 29.8 Å². The summed E-state index contributed by atoms with van der Waals surface area (Å²) in [4.78, 5) is 14.0. The highest BCUT2D eigenvalue weighted by molar-refractivity contribution is 5.85. The molecule has 1 aliphatic rings. The van der Waals surface area contributed by atoms with E-state index in [2.05, 4.69) is 11.4 Å². The number of benzene rings is 1. The lowest BCUT2D eigenvalue weighted by atomic mass is 10.1. The summed E-state index contributed by atoms with van der Waals surface area (Å²) in [7, 11) is 0. The molecule has 0 spiro atoms. The lowest BCUT2D eigenvalue weighted by molar-refractivity contribution is -0.124. The molecule has 0 bridgehead atoms. The van der Waals surface area contributed by atoms with E-state index in [4.69, 9.17) is 10.00 Å². The average Bonchev–Trinajstić information content (AvgIpc) is 2.47. The summed E-state index contributed by atoms with van der Waals surface area (Å²) in [5.74, 6) is -0.0217. The van der Waals surface area contributed by atoms with Gasteiger partial charge in [0.2, 0.25) is 5.91 Å². The molecular formula is C14H17N3O2. The summed E-state index contributed by atoms with van der Waals surface area (Å²) < 4.78 is 5.39. The van der Waals surface area contributed by atoms with Gasteiger partial charge in [-0.3, -0.25) is 4.79 Å². The molecule has 1 heterocycles. The minimum absolute atomic E-state index is 0.0217. The predicted octanol–water partition coefficient (Wildman–Crippen LogP) is 0.900. The van der Waals surface area contributed by atoms with Crippen molar-refractivity contribution in [2.24, 2.45) is 0 Å². The van der Waals surface area contributed by atoms with E-state index in [1.54, 1.807) is 12.1 Å². The Morgan fingerprint density at radius 1 is 1.53 bits per heavy atom. The molecule has 1 saturated heterocycles. The molecule has 0 aromatic heterocycles. The second-order valence-corrected chi connectivity index (χ2v) is 4.34. The molecule has 1 N–H and O–H groups in total. The van der Waals surface area contributed by atoms with E-state index in [0.717, 1.165) is 5.69 Å². The van der Waals surface area contributed by atoms with Gasteiger partial charge in [-0.25, -0.2) is 0 Å². The van der Waals surface area contributed by atoms with Crippen LogP contribution in [0.2, 0.25) is 0 Å². The number of carbonyl (C=O) groups excluding carboxylic acids is 1. The molecule has 1 amide bonds. The summed E-state index contributed by atoms with van der Waals surface area (Å²) in [6.45, 7) is 4.18. The van der Waals surface area contributed by atoms with Crippen molar-refractivity contribution in [3.63, 3.8) is 0 Å². The van der Waals surface area contributed by atoms with Crippen LogP contribution in [0, 0.1) is 11.3 Å². The first-order valence-electron chi connectivity index (χ1n) is 6.38. The minimum Gasteiger partial charge on any atom is -0.377 e. The fraction of sp³-hybridized carbons (Fsp3) is 0.429. The molecule has 1 aliphatic heterocycles. The van der Waals surface area contributed by atoms with Crippen LogP contribution in [-0.2, 0) is 9.53 Å². The highest BCUT2D eigenvalue weighted by Crippen LogP contribution is 2.20. The Balaban J connectivity index is 2.18. The van der Waals surface area contributed by atoms with Gasteiger partial charge in [-0.05, 0) is 31.2 Å². The Hall–Kier alpha value is -2.06. The molecule has 2 rings (SSSR count). The van der Waals surface area contributed by atoms with Crippen LogP contribution in [0.1, 0.15) is 12.5 Å². The van der Waals surface area contributed by atoms with Crippen LogP contribution in [0.25, 0.3) is 0 Å². The van der Waals surface area contributed by atoms with E-state index in [1.165, 1.54) is 0 Å². The Labute approximate surface area is 112 Å². The van der Waals surface area contributed by atoms with Crippen molar-refractivity contribution in [2.45, 2.75) is 13.0 Å². The van der Waals surface area contributed by atoms with Gasteiger partial charge >= 0.3 is 0 Å². The number of nitrogens with zero attached hydrogens (tertiary/aromatic N) is 2. The van der Waals surface area contributed by atoms with Crippen molar-refractivity contribution >= 4 is 11.6 Å². The summed E-state index contributed by atoms with van der Waals surface area (Å²) in [5.41, 5.74) is 1.56. The minimum atomic E-state index is -0.304. The lowest BCUT2D eigenvalue weighted by Gasteiger charge is -2.36. The summed E-state index contributed by atoms with van der Waals surface area (Å²) >= 11 is 0. The third-order valence-electron chi connectivity index (χ3n) is 3.11. The maximum absolute atomic E-state index is 12.0. The van der Waals surface area contributed by atoms with Gasteiger partial charge in [0.05, 0.1) is 24.8 Å². The normalized spacial score (nSPS) is 18.7. The number of hydrogen-bond acceptors (Lipinski definition) is 4. The van der Waals surface area contributed by atoms with Crippen LogP contribution in [0.15, 0.2) is 24.3 Å². The number of nitrogens with one attached hydrogen (secondary N) is 1. The third-order valence-corrected chi connectivity index (χ3v) is 3.11. The Morgan fingerprint density at radius 2 is 2.26 bits per heavy atom. The third kappa shape index (κ3) is 3.04. The van der Waals surface area contributed by atoms with Crippen LogP contribution < -0.4 is 10.2 Å². The molecule has 100 valence electrons. The van der Waals surface area contributed by atoms with Gasteiger partial charge < -0.3 is 15.0 Å². The van der Waals surface area contributed by atoms with E-state index >= 15 is 0 Å². The first-order chi connectivity index (χ1) is 9.26. The Bertz CT molecular complexity index is 478. The van der Waals surface area contributed by atoms with E-state index in [9.17, 15) is 4.79 Å². The van der Waals surface area contributed by atoms with Gasteiger partial charge in [0, 0.05) is 18.8 Å². The largest absolute Gasteiger partial charge is 0.377 e. The topological polar surface area (TPSA) is 65.4 Å². The smallest absolute Gasteiger partial charge is 0.245 e. The average molecular weight is 259 g/mol. The quantitative estimate of drug-likeness (QED) is 0.876. The number of anilines is 1. The maximum Gasteiger partial charge on any atom is 0.245 e. The summed E-state index contributed by atoms with van der Waals surface area (Å²) in [6, 6.07) is 9.05. The zero-order valence-electron chi connectivity index (χ0n) is 10.9. The molecule has 1 fully saturated rings. The zero-order chi connectivity index (χ0) is 13.7. The number of likely N-dealkylation sites (N-methyl/N-ethyl adjacent to an activating group) is 1. The van der Waals surface area contributed by atoms with E-state index < -0.39 is 0 Å². The standard InChI is InChI=1S/C14H17N3O2/c1-2-16-14(18)13-10-19-8-7-17(13)12-5-3-11(9-15)4-6-12/h3-6,13H,2,7-8,10H2,1H3,(H,16,18). The van der Waals surface area contributed by atoms with Gasteiger partial charge in [0.25, 0.3) is 0 Å². The number of rotatable bonds is 3. The van der Waals surface area contributed by atoms with Crippen molar-refractivity contribution in [2.75, 3.05) is 31.2 Å². The van der Waals surface area contributed by atoms with Gasteiger partial charge in [-0.2, -0.15) is 5.26 Å². The van der Waals surface area contributed by atoms with Crippen LogP contribution in [0.5, 0.6) is 0 Å². The second kappa shape index (κ2) is 6.21. The van der Waals surface area contributed by atoms with Crippen LogP contribution in [0.3, 0.4) is 0 Å². The van der Waals surface area contributed by atoms with Crippen molar-refractivity contribution in [1.82, 2.24) is 5.32 Å². The molecule has 1 aromatic carbocycles.